The minimum Gasteiger partial charge on any atom is -0.497 e. The van der Waals surface area contributed by atoms with Gasteiger partial charge in [-0.2, -0.15) is 0 Å². The predicted molar refractivity (Wildman–Crippen MR) is 105 cm³/mol. The number of hydrogen-bond donors (Lipinski definition) is 1. The van der Waals surface area contributed by atoms with E-state index in [2.05, 4.69) is 41.3 Å². The van der Waals surface area contributed by atoms with E-state index in [9.17, 15) is 5.11 Å². The molecular weight excluding hydrogens is 322 g/mol. The molecule has 138 valence electrons. The van der Waals surface area contributed by atoms with Crippen molar-refractivity contribution in [2.75, 3.05) is 26.8 Å². The highest BCUT2D eigenvalue weighted by Crippen LogP contribution is 2.37. The van der Waals surface area contributed by atoms with Crippen LogP contribution in [0.15, 0.2) is 48.5 Å². The number of hydrogen-bond acceptors (Lipinski definition) is 3. The lowest BCUT2D eigenvalue weighted by Gasteiger charge is -2.44. The Labute approximate surface area is 156 Å². The largest absolute Gasteiger partial charge is 0.497 e. The van der Waals surface area contributed by atoms with E-state index < -0.39 is 0 Å². The average molecular weight is 351 g/mol. The number of piperidine rings is 1. The number of methoxy groups -OCH3 is 1. The van der Waals surface area contributed by atoms with Crippen molar-refractivity contribution < 1.29 is 9.84 Å². The van der Waals surface area contributed by atoms with Crippen LogP contribution in [0.1, 0.15) is 29.5 Å². The molecule has 1 aliphatic carbocycles. The van der Waals surface area contributed by atoms with Gasteiger partial charge in [0.1, 0.15) is 5.75 Å². The van der Waals surface area contributed by atoms with E-state index >= 15 is 0 Å². The Morgan fingerprint density at radius 3 is 2.58 bits per heavy atom. The zero-order valence-corrected chi connectivity index (χ0v) is 15.7. The highest BCUT2D eigenvalue weighted by molar-refractivity contribution is 5.33. The molecule has 0 radical (unpaired) electrons. The van der Waals surface area contributed by atoms with Crippen LogP contribution in [0.25, 0.3) is 0 Å². The second kappa shape index (κ2) is 7.42. The molecule has 3 nitrogen and oxygen atoms in total. The molecule has 1 saturated heterocycles. The lowest BCUT2D eigenvalue weighted by Crippen LogP contribution is -2.50. The third-order valence-electron chi connectivity index (χ3n) is 6.29. The van der Waals surface area contributed by atoms with Crippen molar-refractivity contribution in [2.45, 2.75) is 38.1 Å². The Balaban J connectivity index is 1.49. The summed E-state index contributed by atoms with van der Waals surface area (Å²) in [4.78, 5) is 2.64. The summed E-state index contributed by atoms with van der Waals surface area (Å²) in [7, 11) is 1.71. The predicted octanol–water partition coefficient (Wildman–Crippen LogP) is 3.48. The van der Waals surface area contributed by atoms with Gasteiger partial charge < -0.3 is 9.84 Å². The summed E-state index contributed by atoms with van der Waals surface area (Å²) in [5.41, 5.74) is 4.23. The Hall–Kier alpha value is -1.84. The molecule has 1 heterocycles. The maximum absolute atomic E-state index is 10.3. The maximum atomic E-state index is 10.3. The summed E-state index contributed by atoms with van der Waals surface area (Å²) >= 11 is 0. The van der Waals surface area contributed by atoms with Gasteiger partial charge in [0.2, 0.25) is 0 Å². The van der Waals surface area contributed by atoms with Gasteiger partial charge in [-0.3, -0.25) is 4.90 Å². The Morgan fingerprint density at radius 2 is 1.88 bits per heavy atom. The van der Waals surface area contributed by atoms with Crippen LogP contribution in [0, 0.1) is 5.41 Å². The topological polar surface area (TPSA) is 32.7 Å². The van der Waals surface area contributed by atoms with Crippen LogP contribution in [0.2, 0.25) is 0 Å². The monoisotopic (exact) mass is 351 g/mol. The standard InChI is InChI=1S/C23H29NO2/c1-26-22-9-4-6-18(12-22)15-23(17-25)10-5-11-24(16-23)21-13-19-7-2-3-8-20(19)14-21/h2-4,6-9,12,21,25H,5,10-11,13-17H2,1H3/t23-/m0/s1. The van der Waals surface area contributed by atoms with Gasteiger partial charge in [0.25, 0.3) is 0 Å². The minimum absolute atomic E-state index is 0.0423. The molecule has 2 aromatic carbocycles. The molecule has 2 aromatic rings. The van der Waals surface area contributed by atoms with E-state index in [0.29, 0.717) is 6.04 Å². The molecule has 1 fully saturated rings. The summed E-state index contributed by atoms with van der Waals surface area (Å²) in [5, 5.41) is 10.3. The number of rotatable bonds is 5. The van der Waals surface area contributed by atoms with E-state index in [-0.39, 0.29) is 12.0 Å². The molecule has 2 aliphatic rings. The van der Waals surface area contributed by atoms with Crippen molar-refractivity contribution in [3.05, 3.63) is 65.2 Å². The van der Waals surface area contributed by atoms with Gasteiger partial charge in [-0.1, -0.05) is 36.4 Å². The Morgan fingerprint density at radius 1 is 1.12 bits per heavy atom. The number of likely N-dealkylation sites (tertiary alicyclic amines) is 1. The minimum atomic E-state index is -0.0423. The lowest BCUT2D eigenvalue weighted by molar-refractivity contribution is 0.0141. The SMILES string of the molecule is COc1cccc(C[C@@]2(CO)CCCN(C3Cc4ccccc4C3)C2)c1. The van der Waals surface area contributed by atoms with Crippen molar-refractivity contribution in [1.82, 2.24) is 4.90 Å². The van der Waals surface area contributed by atoms with Crippen molar-refractivity contribution in [2.24, 2.45) is 5.41 Å². The van der Waals surface area contributed by atoms with Crippen molar-refractivity contribution in [3.8, 4) is 5.75 Å². The third kappa shape index (κ3) is 3.51. The molecule has 0 aromatic heterocycles. The quantitative estimate of drug-likeness (QED) is 0.895. The van der Waals surface area contributed by atoms with Gasteiger partial charge in [-0.15, -0.1) is 0 Å². The second-order valence-corrected chi connectivity index (χ2v) is 8.09. The highest BCUT2D eigenvalue weighted by atomic mass is 16.5. The average Bonchev–Trinajstić information content (AvgIpc) is 3.13. The van der Waals surface area contributed by atoms with Gasteiger partial charge in [0.15, 0.2) is 0 Å². The van der Waals surface area contributed by atoms with Crippen molar-refractivity contribution >= 4 is 0 Å². The normalized spacial score (nSPS) is 23.8. The first-order chi connectivity index (χ1) is 12.7. The van der Waals surface area contributed by atoms with Gasteiger partial charge in [0, 0.05) is 18.0 Å². The fourth-order valence-electron chi connectivity index (χ4n) is 4.90. The summed E-state index contributed by atoms with van der Waals surface area (Å²) in [6.07, 6.45) is 5.47. The van der Waals surface area contributed by atoms with Crippen molar-refractivity contribution in [3.63, 3.8) is 0 Å². The van der Waals surface area contributed by atoms with Crippen LogP contribution < -0.4 is 4.74 Å². The third-order valence-corrected chi connectivity index (χ3v) is 6.29. The van der Waals surface area contributed by atoms with E-state index in [1.54, 1.807) is 7.11 Å². The molecule has 0 unspecified atom stereocenters. The van der Waals surface area contributed by atoms with E-state index in [4.69, 9.17) is 4.74 Å². The highest BCUT2D eigenvalue weighted by Gasteiger charge is 2.38. The first-order valence-electron chi connectivity index (χ1n) is 9.76. The zero-order valence-electron chi connectivity index (χ0n) is 15.7. The van der Waals surface area contributed by atoms with Crippen LogP contribution in [0.3, 0.4) is 0 Å². The number of nitrogens with zero attached hydrogens (tertiary/aromatic N) is 1. The molecule has 1 aliphatic heterocycles. The van der Waals surface area contributed by atoms with E-state index in [1.165, 1.54) is 16.7 Å². The molecule has 0 bridgehead atoms. The number of fused-ring (bicyclic) bond motifs is 1. The molecule has 0 saturated carbocycles. The van der Waals surface area contributed by atoms with Crippen molar-refractivity contribution in [1.29, 1.82) is 0 Å². The summed E-state index contributed by atoms with van der Waals surface area (Å²) in [6.45, 7) is 2.39. The van der Waals surface area contributed by atoms with E-state index in [0.717, 1.165) is 50.9 Å². The van der Waals surface area contributed by atoms with Crippen LogP contribution in [-0.2, 0) is 19.3 Å². The molecule has 3 heteroatoms. The molecule has 0 spiro atoms. The Kier molecular flexibility index (Phi) is 5.01. The summed E-state index contributed by atoms with van der Waals surface area (Å²) in [5.74, 6) is 0.898. The van der Waals surface area contributed by atoms with Crippen LogP contribution >= 0.6 is 0 Å². The van der Waals surface area contributed by atoms with Crippen LogP contribution in [-0.4, -0.2) is 42.9 Å². The number of aliphatic hydroxyl groups excluding tert-OH is 1. The molecular formula is C23H29NO2. The fourth-order valence-corrected chi connectivity index (χ4v) is 4.90. The first kappa shape index (κ1) is 17.6. The van der Waals surface area contributed by atoms with Gasteiger partial charge in [-0.25, -0.2) is 0 Å². The number of aliphatic hydroxyl groups is 1. The molecule has 1 atom stereocenters. The first-order valence-corrected chi connectivity index (χ1v) is 9.76. The zero-order chi connectivity index (χ0) is 18.0. The lowest BCUT2D eigenvalue weighted by atomic mass is 9.75. The Bertz CT molecular complexity index is 734. The molecule has 4 rings (SSSR count). The number of ether oxygens (including phenoxy) is 1. The molecule has 26 heavy (non-hydrogen) atoms. The smallest absolute Gasteiger partial charge is 0.119 e. The maximum Gasteiger partial charge on any atom is 0.119 e. The molecule has 1 N–H and O–H groups in total. The van der Waals surface area contributed by atoms with Gasteiger partial charge in [-0.05, 0) is 67.5 Å². The second-order valence-electron chi connectivity index (χ2n) is 8.09. The molecule has 0 amide bonds. The van der Waals surface area contributed by atoms with Crippen LogP contribution in [0.4, 0.5) is 0 Å². The fraction of sp³-hybridized carbons (Fsp3) is 0.478. The van der Waals surface area contributed by atoms with Gasteiger partial charge >= 0.3 is 0 Å². The van der Waals surface area contributed by atoms with Crippen LogP contribution in [0.5, 0.6) is 5.75 Å². The summed E-state index contributed by atoms with van der Waals surface area (Å²) in [6, 6.07) is 17.7. The van der Waals surface area contributed by atoms with Gasteiger partial charge in [0.05, 0.1) is 13.7 Å². The number of benzene rings is 2. The van der Waals surface area contributed by atoms with E-state index in [1.807, 2.05) is 12.1 Å². The summed E-state index contributed by atoms with van der Waals surface area (Å²) < 4.78 is 5.38.